The van der Waals surface area contributed by atoms with Crippen LogP contribution in [0.25, 0.3) is 11.6 Å². The van der Waals surface area contributed by atoms with Crippen LogP contribution in [0.15, 0.2) is 22.6 Å². The fraction of sp³-hybridized carbons (Fsp3) is 0.200. The van der Waals surface area contributed by atoms with Crippen LogP contribution in [0.2, 0.25) is 0 Å². The number of hydrogen-bond donors (Lipinski definition) is 1. The van der Waals surface area contributed by atoms with Gasteiger partial charge in [-0.1, -0.05) is 13.0 Å². The van der Waals surface area contributed by atoms with Gasteiger partial charge in [0.15, 0.2) is 0 Å². The lowest BCUT2D eigenvalue weighted by molar-refractivity contribution is 0.0690. The maximum Gasteiger partial charge on any atom is 0.354 e. The van der Waals surface area contributed by atoms with E-state index in [0.717, 1.165) is 0 Å². The van der Waals surface area contributed by atoms with Crippen LogP contribution in [0.3, 0.4) is 0 Å². The Morgan fingerprint density at radius 3 is 2.88 bits per heavy atom. The lowest BCUT2D eigenvalue weighted by Crippen LogP contribution is -2.00. The molecule has 82 valence electrons. The van der Waals surface area contributed by atoms with Crippen LogP contribution in [0.1, 0.15) is 23.3 Å². The van der Waals surface area contributed by atoms with E-state index in [4.69, 9.17) is 9.52 Å². The van der Waals surface area contributed by atoms with Gasteiger partial charge in [0.2, 0.25) is 5.89 Å². The SMILES string of the molecule is CCc1nnc(-c2cccc(C(=O)O)n2)o1. The van der Waals surface area contributed by atoms with Crippen molar-refractivity contribution in [1.29, 1.82) is 0 Å². The van der Waals surface area contributed by atoms with Gasteiger partial charge in [0.1, 0.15) is 11.4 Å². The molecule has 0 spiro atoms. The Hall–Kier alpha value is -2.24. The fourth-order valence-electron chi connectivity index (χ4n) is 1.17. The van der Waals surface area contributed by atoms with E-state index >= 15 is 0 Å². The first kappa shape index (κ1) is 10.3. The number of aryl methyl sites for hydroxylation is 1. The second kappa shape index (κ2) is 4.09. The van der Waals surface area contributed by atoms with E-state index in [0.29, 0.717) is 18.0 Å². The number of hydrogen-bond acceptors (Lipinski definition) is 5. The first-order valence-electron chi connectivity index (χ1n) is 4.74. The molecule has 6 nitrogen and oxygen atoms in total. The zero-order valence-corrected chi connectivity index (χ0v) is 8.54. The Morgan fingerprint density at radius 2 is 2.25 bits per heavy atom. The molecular formula is C10H9N3O3. The van der Waals surface area contributed by atoms with E-state index in [1.54, 1.807) is 12.1 Å². The highest BCUT2D eigenvalue weighted by molar-refractivity contribution is 5.85. The zero-order valence-electron chi connectivity index (χ0n) is 8.54. The average molecular weight is 219 g/mol. The molecule has 0 aliphatic rings. The lowest BCUT2D eigenvalue weighted by atomic mass is 10.3. The molecule has 0 amide bonds. The van der Waals surface area contributed by atoms with Crippen LogP contribution in [0.4, 0.5) is 0 Å². The maximum atomic E-state index is 10.7. The van der Waals surface area contributed by atoms with Crippen LogP contribution in [-0.2, 0) is 6.42 Å². The summed E-state index contributed by atoms with van der Waals surface area (Å²) in [5.41, 5.74) is 0.320. The summed E-state index contributed by atoms with van der Waals surface area (Å²) in [5, 5.41) is 16.3. The molecule has 0 saturated heterocycles. The van der Waals surface area contributed by atoms with Crippen LogP contribution >= 0.6 is 0 Å². The third-order valence-electron chi connectivity index (χ3n) is 1.96. The molecule has 0 aliphatic carbocycles. The summed E-state index contributed by atoms with van der Waals surface area (Å²) >= 11 is 0. The highest BCUT2D eigenvalue weighted by Gasteiger charge is 2.11. The Kier molecular flexibility index (Phi) is 2.63. The van der Waals surface area contributed by atoms with Crippen molar-refractivity contribution in [3.63, 3.8) is 0 Å². The minimum atomic E-state index is -1.09. The summed E-state index contributed by atoms with van der Waals surface area (Å²) in [6, 6.07) is 4.62. The molecule has 0 bridgehead atoms. The third-order valence-corrected chi connectivity index (χ3v) is 1.96. The highest BCUT2D eigenvalue weighted by atomic mass is 16.4. The number of nitrogens with zero attached hydrogens (tertiary/aromatic N) is 3. The first-order valence-corrected chi connectivity index (χ1v) is 4.74. The summed E-state index contributed by atoms with van der Waals surface area (Å²) in [7, 11) is 0. The molecule has 0 atom stereocenters. The number of pyridine rings is 1. The summed E-state index contributed by atoms with van der Waals surface area (Å²) in [6.45, 7) is 1.89. The van der Waals surface area contributed by atoms with Crippen LogP contribution in [-0.4, -0.2) is 26.3 Å². The summed E-state index contributed by atoms with van der Waals surface area (Å²) in [6.07, 6.45) is 0.631. The number of carbonyl (C=O) groups is 1. The molecule has 0 fully saturated rings. The van der Waals surface area contributed by atoms with Gasteiger partial charge in [0, 0.05) is 6.42 Å². The quantitative estimate of drug-likeness (QED) is 0.839. The fourth-order valence-corrected chi connectivity index (χ4v) is 1.17. The molecule has 0 aromatic carbocycles. The van der Waals surface area contributed by atoms with Crippen LogP contribution in [0.5, 0.6) is 0 Å². The number of aromatic carboxylic acids is 1. The van der Waals surface area contributed by atoms with Gasteiger partial charge in [-0.3, -0.25) is 0 Å². The van der Waals surface area contributed by atoms with Crippen molar-refractivity contribution in [3.8, 4) is 11.6 Å². The molecule has 2 aromatic heterocycles. The highest BCUT2D eigenvalue weighted by Crippen LogP contribution is 2.15. The van der Waals surface area contributed by atoms with Crippen LogP contribution in [0, 0.1) is 0 Å². The molecule has 6 heteroatoms. The van der Waals surface area contributed by atoms with Crippen molar-refractivity contribution < 1.29 is 14.3 Å². The van der Waals surface area contributed by atoms with Gasteiger partial charge in [-0.25, -0.2) is 9.78 Å². The molecule has 2 rings (SSSR count). The predicted octanol–water partition coefficient (Wildman–Crippen LogP) is 1.39. The number of carboxylic acid groups (broad SMARTS) is 1. The minimum Gasteiger partial charge on any atom is -0.477 e. The lowest BCUT2D eigenvalue weighted by Gasteiger charge is -1.95. The minimum absolute atomic E-state index is 0.0475. The number of rotatable bonds is 3. The van der Waals surface area contributed by atoms with Gasteiger partial charge in [-0.15, -0.1) is 10.2 Å². The molecule has 0 unspecified atom stereocenters. The van der Waals surface area contributed by atoms with Gasteiger partial charge in [-0.05, 0) is 12.1 Å². The van der Waals surface area contributed by atoms with Crippen molar-refractivity contribution in [2.75, 3.05) is 0 Å². The van der Waals surface area contributed by atoms with Crippen molar-refractivity contribution in [2.24, 2.45) is 0 Å². The summed E-state index contributed by atoms with van der Waals surface area (Å²) in [5.74, 6) is -0.352. The van der Waals surface area contributed by atoms with E-state index in [9.17, 15) is 4.79 Å². The molecule has 0 aliphatic heterocycles. The monoisotopic (exact) mass is 219 g/mol. The normalized spacial score (nSPS) is 10.3. The molecule has 16 heavy (non-hydrogen) atoms. The van der Waals surface area contributed by atoms with Crippen molar-refractivity contribution in [2.45, 2.75) is 13.3 Å². The first-order chi connectivity index (χ1) is 7.70. The van der Waals surface area contributed by atoms with E-state index in [2.05, 4.69) is 15.2 Å². The van der Waals surface area contributed by atoms with Crippen molar-refractivity contribution in [1.82, 2.24) is 15.2 Å². The molecule has 0 radical (unpaired) electrons. The van der Waals surface area contributed by atoms with Gasteiger partial charge in [-0.2, -0.15) is 0 Å². The van der Waals surface area contributed by atoms with Crippen molar-refractivity contribution in [3.05, 3.63) is 29.8 Å². The molecule has 1 N–H and O–H groups in total. The Labute approximate surface area is 91.0 Å². The van der Waals surface area contributed by atoms with Gasteiger partial charge in [0.25, 0.3) is 5.89 Å². The second-order valence-electron chi connectivity index (χ2n) is 3.07. The Bertz CT molecular complexity index is 522. The van der Waals surface area contributed by atoms with E-state index < -0.39 is 5.97 Å². The number of carboxylic acids is 1. The third kappa shape index (κ3) is 1.90. The van der Waals surface area contributed by atoms with Gasteiger partial charge < -0.3 is 9.52 Å². The van der Waals surface area contributed by atoms with E-state index in [-0.39, 0.29) is 11.6 Å². The Morgan fingerprint density at radius 1 is 1.44 bits per heavy atom. The topological polar surface area (TPSA) is 89.1 Å². The van der Waals surface area contributed by atoms with Crippen molar-refractivity contribution >= 4 is 5.97 Å². The maximum absolute atomic E-state index is 10.7. The van der Waals surface area contributed by atoms with E-state index in [1.807, 2.05) is 6.92 Å². The molecule has 0 saturated carbocycles. The standard InChI is InChI=1S/C10H9N3O3/c1-2-8-12-13-9(16-8)6-4-3-5-7(11-6)10(14)15/h3-5H,2H2,1H3,(H,14,15). The summed E-state index contributed by atoms with van der Waals surface area (Å²) in [4.78, 5) is 14.6. The second-order valence-corrected chi connectivity index (χ2v) is 3.07. The largest absolute Gasteiger partial charge is 0.477 e. The van der Waals surface area contributed by atoms with Gasteiger partial charge in [0.05, 0.1) is 0 Å². The molecular weight excluding hydrogens is 210 g/mol. The smallest absolute Gasteiger partial charge is 0.354 e. The van der Waals surface area contributed by atoms with Gasteiger partial charge >= 0.3 is 5.97 Å². The zero-order chi connectivity index (χ0) is 11.5. The predicted molar refractivity (Wildman–Crippen MR) is 53.9 cm³/mol. The number of aromatic nitrogens is 3. The van der Waals surface area contributed by atoms with Crippen LogP contribution < -0.4 is 0 Å². The van der Waals surface area contributed by atoms with E-state index in [1.165, 1.54) is 6.07 Å². The summed E-state index contributed by atoms with van der Waals surface area (Å²) < 4.78 is 5.28. The average Bonchev–Trinajstić information content (AvgIpc) is 2.77. The Balaban J connectivity index is 2.40. The molecule has 2 aromatic rings. The molecule has 2 heterocycles.